The molecule has 1 aromatic rings. The fraction of sp³-hybridized carbons (Fsp3) is 0.600. The molecule has 2 atom stereocenters. The molecule has 98 valence electrons. The number of ether oxygens (including phenoxy) is 1. The monoisotopic (exact) mass is 310 g/mol. The van der Waals surface area contributed by atoms with Crippen LogP contribution in [0.15, 0.2) is 28.7 Å². The van der Waals surface area contributed by atoms with Crippen molar-refractivity contribution >= 4 is 15.9 Å². The highest BCUT2D eigenvalue weighted by atomic mass is 79.9. The first-order valence-electron chi connectivity index (χ1n) is 6.71. The van der Waals surface area contributed by atoms with Gasteiger partial charge in [0.05, 0.1) is 12.7 Å². The number of aliphatic hydroxyl groups excluding tert-OH is 1. The summed E-state index contributed by atoms with van der Waals surface area (Å²) in [6.45, 7) is 1.03. The van der Waals surface area contributed by atoms with Gasteiger partial charge >= 0.3 is 0 Å². The van der Waals surface area contributed by atoms with Crippen LogP contribution in [0.3, 0.4) is 0 Å². The van der Waals surface area contributed by atoms with E-state index in [4.69, 9.17) is 4.74 Å². The highest BCUT2D eigenvalue weighted by molar-refractivity contribution is 9.10. The number of aliphatic hydroxyl groups is 1. The van der Waals surface area contributed by atoms with E-state index in [1.807, 2.05) is 6.07 Å². The molecule has 0 aromatic heterocycles. The Morgan fingerprint density at radius 3 is 2.78 bits per heavy atom. The predicted octanol–water partition coefficient (Wildman–Crippen LogP) is 3.17. The summed E-state index contributed by atoms with van der Waals surface area (Å²) in [4.78, 5) is 0. The van der Waals surface area contributed by atoms with Gasteiger partial charge in [0.2, 0.25) is 0 Å². The Morgan fingerprint density at radius 1 is 1.33 bits per heavy atom. The predicted molar refractivity (Wildman–Crippen MR) is 74.4 cm³/mol. The molecule has 1 saturated carbocycles. The summed E-state index contributed by atoms with van der Waals surface area (Å²) < 4.78 is 7.06. The fourth-order valence-corrected chi connectivity index (χ4v) is 3.60. The van der Waals surface area contributed by atoms with Gasteiger partial charge in [-0.25, -0.2) is 0 Å². The summed E-state index contributed by atoms with van der Waals surface area (Å²) in [5.74, 6) is 0.683. The molecule has 3 heteroatoms. The van der Waals surface area contributed by atoms with Gasteiger partial charge in [0.1, 0.15) is 0 Å². The van der Waals surface area contributed by atoms with Crippen molar-refractivity contribution in [1.29, 1.82) is 0 Å². The molecule has 1 N–H and O–H groups in total. The number of benzene rings is 1. The second-order valence-corrected chi connectivity index (χ2v) is 6.52. The molecular formula is C15H19BrO2. The van der Waals surface area contributed by atoms with Crippen LogP contribution in [-0.2, 0) is 11.2 Å². The third-order valence-electron chi connectivity index (χ3n) is 4.37. The lowest BCUT2D eigenvalue weighted by Crippen LogP contribution is -2.38. The van der Waals surface area contributed by atoms with Gasteiger partial charge in [0, 0.05) is 16.5 Å². The highest BCUT2D eigenvalue weighted by Crippen LogP contribution is 2.49. The maximum Gasteiger partial charge on any atom is 0.0685 e. The summed E-state index contributed by atoms with van der Waals surface area (Å²) in [6, 6.07) is 8.31. The van der Waals surface area contributed by atoms with Crippen molar-refractivity contribution in [2.75, 3.05) is 13.2 Å². The minimum atomic E-state index is -0.0644. The molecule has 0 spiro atoms. The van der Waals surface area contributed by atoms with E-state index in [9.17, 15) is 5.11 Å². The lowest BCUT2D eigenvalue weighted by molar-refractivity contribution is 0.000508. The Labute approximate surface area is 116 Å². The molecule has 3 rings (SSSR count). The van der Waals surface area contributed by atoms with Crippen LogP contribution in [0.5, 0.6) is 0 Å². The van der Waals surface area contributed by atoms with Crippen molar-refractivity contribution in [3.05, 3.63) is 34.3 Å². The lowest BCUT2D eigenvalue weighted by atomic mass is 9.75. The van der Waals surface area contributed by atoms with E-state index in [0.717, 1.165) is 23.9 Å². The van der Waals surface area contributed by atoms with Crippen LogP contribution in [0, 0.1) is 11.3 Å². The summed E-state index contributed by atoms with van der Waals surface area (Å²) in [5.41, 5.74) is 1.22. The molecule has 2 aliphatic rings. The van der Waals surface area contributed by atoms with E-state index >= 15 is 0 Å². The third-order valence-corrected chi connectivity index (χ3v) is 5.14. The summed E-state index contributed by atoms with van der Waals surface area (Å²) in [5, 5.41) is 9.92. The molecule has 0 amide bonds. The number of hydrogen-bond donors (Lipinski definition) is 1. The van der Waals surface area contributed by atoms with Gasteiger partial charge in [-0.2, -0.15) is 0 Å². The smallest absolute Gasteiger partial charge is 0.0685 e. The second kappa shape index (κ2) is 4.95. The molecule has 1 heterocycles. The molecule has 2 fully saturated rings. The maximum absolute atomic E-state index is 9.92. The van der Waals surface area contributed by atoms with Crippen LogP contribution in [0.1, 0.15) is 24.8 Å². The Morgan fingerprint density at radius 2 is 2.11 bits per heavy atom. The average molecular weight is 311 g/mol. The van der Waals surface area contributed by atoms with Crippen molar-refractivity contribution in [1.82, 2.24) is 0 Å². The fourth-order valence-electron chi connectivity index (χ4n) is 3.18. The van der Waals surface area contributed by atoms with E-state index in [-0.39, 0.29) is 18.1 Å². The summed E-state index contributed by atoms with van der Waals surface area (Å²) >= 11 is 3.61. The van der Waals surface area contributed by atoms with Crippen molar-refractivity contribution in [2.45, 2.75) is 31.8 Å². The normalized spacial score (nSPS) is 31.8. The zero-order valence-corrected chi connectivity index (χ0v) is 12.0. The van der Waals surface area contributed by atoms with Crippen molar-refractivity contribution in [3.63, 3.8) is 0 Å². The van der Waals surface area contributed by atoms with Crippen molar-refractivity contribution < 1.29 is 9.84 Å². The van der Waals surface area contributed by atoms with Crippen LogP contribution in [-0.4, -0.2) is 24.4 Å². The van der Waals surface area contributed by atoms with Gasteiger partial charge in [0.25, 0.3) is 0 Å². The molecule has 18 heavy (non-hydrogen) atoms. The number of hydrogen-bond acceptors (Lipinski definition) is 2. The summed E-state index contributed by atoms with van der Waals surface area (Å²) in [6.07, 6.45) is 4.68. The maximum atomic E-state index is 9.92. The van der Waals surface area contributed by atoms with E-state index in [1.165, 1.54) is 18.4 Å². The molecule has 1 aliphatic carbocycles. The zero-order chi connectivity index (χ0) is 12.6. The molecule has 2 unspecified atom stereocenters. The largest absolute Gasteiger partial charge is 0.396 e. The van der Waals surface area contributed by atoms with Crippen molar-refractivity contribution in [2.24, 2.45) is 11.3 Å². The van der Waals surface area contributed by atoms with Gasteiger partial charge in [-0.1, -0.05) is 34.1 Å². The van der Waals surface area contributed by atoms with Gasteiger partial charge in [-0.05, 0) is 43.2 Å². The van der Waals surface area contributed by atoms with Crippen LogP contribution < -0.4 is 0 Å². The SMILES string of the molecule is OCC1(Cc2ccccc2Br)CCOC1C1CC1. The second-order valence-electron chi connectivity index (χ2n) is 5.67. The van der Waals surface area contributed by atoms with E-state index < -0.39 is 0 Å². The zero-order valence-electron chi connectivity index (χ0n) is 10.4. The van der Waals surface area contributed by atoms with Crippen LogP contribution in [0.2, 0.25) is 0 Å². The highest BCUT2D eigenvalue weighted by Gasteiger charge is 2.50. The van der Waals surface area contributed by atoms with Gasteiger partial charge in [0.15, 0.2) is 0 Å². The first-order valence-corrected chi connectivity index (χ1v) is 7.50. The first-order chi connectivity index (χ1) is 8.75. The average Bonchev–Trinajstić information content (AvgIpc) is 3.14. The quantitative estimate of drug-likeness (QED) is 0.925. The molecule has 1 aromatic carbocycles. The summed E-state index contributed by atoms with van der Waals surface area (Å²) in [7, 11) is 0. The Kier molecular flexibility index (Phi) is 3.48. The Hall–Kier alpha value is -0.380. The number of halogens is 1. The molecule has 1 aliphatic heterocycles. The Balaban J connectivity index is 1.85. The van der Waals surface area contributed by atoms with E-state index in [2.05, 4.69) is 34.1 Å². The lowest BCUT2D eigenvalue weighted by Gasteiger charge is -2.33. The van der Waals surface area contributed by atoms with Gasteiger partial charge in [-0.15, -0.1) is 0 Å². The van der Waals surface area contributed by atoms with E-state index in [0.29, 0.717) is 5.92 Å². The molecular weight excluding hydrogens is 292 g/mol. The third kappa shape index (κ3) is 2.24. The first kappa shape index (κ1) is 12.6. The molecule has 0 bridgehead atoms. The molecule has 1 saturated heterocycles. The topological polar surface area (TPSA) is 29.5 Å². The van der Waals surface area contributed by atoms with Crippen molar-refractivity contribution in [3.8, 4) is 0 Å². The minimum absolute atomic E-state index is 0.0644. The molecule has 2 nitrogen and oxygen atoms in total. The van der Waals surface area contributed by atoms with Crippen LogP contribution in [0.25, 0.3) is 0 Å². The van der Waals surface area contributed by atoms with E-state index in [1.54, 1.807) is 0 Å². The van der Waals surface area contributed by atoms with Crippen LogP contribution in [0.4, 0.5) is 0 Å². The standard InChI is InChI=1S/C15H19BrO2/c16-13-4-2-1-3-12(13)9-15(10-17)7-8-18-14(15)11-5-6-11/h1-4,11,14,17H,5-10H2. The number of rotatable bonds is 4. The van der Waals surface area contributed by atoms with Gasteiger partial charge in [-0.3, -0.25) is 0 Å². The van der Waals surface area contributed by atoms with Crippen LogP contribution >= 0.6 is 15.9 Å². The Bertz CT molecular complexity index is 430. The minimum Gasteiger partial charge on any atom is -0.396 e. The molecule has 0 radical (unpaired) electrons. The van der Waals surface area contributed by atoms with Gasteiger partial charge < -0.3 is 9.84 Å².